The third kappa shape index (κ3) is 3.02. The Morgan fingerprint density at radius 2 is 1.92 bits per heavy atom. The molecule has 130 valence electrons. The third-order valence-electron chi connectivity index (χ3n) is 4.66. The van der Waals surface area contributed by atoms with E-state index in [9.17, 15) is 4.79 Å². The smallest absolute Gasteiger partial charge is 0.264 e. The summed E-state index contributed by atoms with van der Waals surface area (Å²) in [6, 6.07) is 12.1. The average molecular weight is 354 g/mol. The standard InChI is InChI=1S/C19H22N4OS/c1-2-9-23-16-7-4-3-6-15(16)20-19(23)22-12-10-21(11-13-22)18(24)17-8-5-14-25-17/h3-8,14H,2,9-13H2,1H3. The molecule has 0 atom stereocenters. The molecule has 6 heteroatoms. The molecule has 0 bridgehead atoms. The van der Waals surface area contributed by atoms with Crippen LogP contribution < -0.4 is 4.90 Å². The highest BCUT2D eigenvalue weighted by atomic mass is 32.1. The predicted molar refractivity (Wildman–Crippen MR) is 102 cm³/mol. The quantitative estimate of drug-likeness (QED) is 0.720. The van der Waals surface area contributed by atoms with Crippen molar-refractivity contribution >= 4 is 34.2 Å². The van der Waals surface area contributed by atoms with Crippen molar-refractivity contribution in [3.63, 3.8) is 0 Å². The van der Waals surface area contributed by atoms with Crippen LogP contribution in [0.1, 0.15) is 23.0 Å². The van der Waals surface area contributed by atoms with E-state index in [-0.39, 0.29) is 5.91 Å². The number of carbonyl (C=O) groups excluding carboxylic acids is 1. The van der Waals surface area contributed by atoms with Crippen LogP contribution in [-0.4, -0.2) is 46.5 Å². The third-order valence-corrected chi connectivity index (χ3v) is 5.52. The number of para-hydroxylation sites is 2. The number of anilines is 1. The molecule has 0 spiro atoms. The number of piperazine rings is 1. The van der Waals surface area contributed by atoms with E-state index in [4.69, 9.17) is 4.98 Å². The molecule has 1 aliphatic heterocycles. The summed E-state index contributed by atoms with van der Waals surface area (Å²) in [7, 11) is 0. The molecule has 2 aromatic heterocycles. The number of aromatic nitrogens is 2. The van der Waals surface area contributed by atoms with E-state index in [0.717, 1.165) is 55.5 Å². The van der Waals surface area contributed by atoms with E-state index in [1.807, 2.05) is 28.5 Å². The summed E-state index contributed by atoms with van der Waals surface area (Å²) in [5, 5.41) is 1.95. The number of carbonyl (C=O) groups is 1. The average Bonchev–Trinajstić information content (AvgIpc) is 3.30. The van der Waals surface area contributed by atoms with Gasteiger partial charge >= 0.3 is 0 Å². The molecule has 0 unspecified atom stereocenters. The molecule has 25 heavy (non-hydrogen) atoms. The van der Waals surface area contributed by atoms with Crippen molar-refractivity contribution in [2.24, 2.45) is 0 Å². The number of aryl methyl sites for hydroxylation is 1. The first kappa shape index (κ1) is 16.1. The Morgan fingerprint density at radius 3 is 2.64 bits per heavy atom. The first-order valence-electron chi connectivity index (χ1n) is 8.81. The zero-order valence-electron chi connectivity index (χ0n) is 14.4. The Labute approximate surface area is 151 Å². The summed E-state index contributed by atoms with van der Waals surface area (Å²) in [5.74, 6) is 1.18. The number of fused-ring (bicyclic) bond motifs is 1. The van der Waals surface area contributed by atoms with Gasteiger partial charge in [0.1, 0.15) is 0 Å². The van der Waals surface area contributed by atoms with Crippen LogP contribution in [-0.2, 0) is 6.54 Å². The van der Waals surface area contributed by atoms with Gasteiger partial charge in [-0.25, -0.2) is 4.98 Å². The maximum absolute atomic E-state index is 12.5. The van der Waals surface area contributed by atoms with Crippen LogP contribution in [0.5, 0.6) is 0 Å². The van der Waals surface area contributed by atoms with Crippen LogP contribution in [0.2, 0.25) is 0 Å². The lowest BCUT2D eigenvalue weighted by atomic mass is 10.3. The highest BCUT2D eigenvalue weighted by Crippen LogP contribution is 2.24. The van der Waals surface area contributed by atoms with Crippen LogP contribution in [0, 0.1) is 0 Å². The minimum atomic E-state index is 0.150. The molecule has 3 aromatic rings. The van der Waals surface area contributed by atoms with Crippen LogP contribution in [0.25, 0.3) is 11.0 Å². The molecule has 5 nitrogen and oxygen atoms in total. The number of hydrogen-bond acceptors (Lipinski definition) is 4. The first-order valence-corrected chi connectivity index (χ1v) is 9.69. The summed E-state index contributed by atoms with van der Waals surface area (Å²) in [5.41, 5.74) is 2.24. The largest absolute Gasteiger partial charge is 0.339 e. The van der Waals surface area contributed by atoms with Gasteiger partial charge in [-0.3, -0.25) is 4.79 Å². The lowest BCUT2D eigenvalue weighted by Gasteiger charge is -2.35. The summed E-state index contributed by atoms with van der Waals surface area (Å²) in [6.45, 7) is 6.28. The second-order valence-electron chi connectivity index (χ2n) is 6.31. The molecule has 1 aromatic carbocycles. The fourth-order valence-corrected chi connectivity index (χ4v) is 4.10. The van der Waals surface area contributed by atoms with Gasteiger partial charge in [-0.15, -0.1) is 11.3 Å². The van der Waals surface area contributed by atoms with Crippen LogP contribution >= 0.6 is 11.3 Å². The van der Waals surface area contributed by atoms with Gasteiger partial charge in [-0.1, -0.05) is 25.1 Å². The van der Waals surface area contributed by atoms with Gasteiger partial charge in [0.15, 0.2) is 0 Å². The molecule has 4 rings (SSSR count). The van der Waals surface area contributed by atoms with Gasteiger partial charge in [-0.05, 0) is 30.0 Å². The molecule has 3 heterocycles. The molecule has 0 radical (unpaired) electrons. The minimum absolute atomic E-state index is 0.150. The highest BCUT2D eigenvalue weighted by molar-refractivity contribution is 7.12. The van der Waals surface area contributed by atoms with Crippen molar-refractivity contribution in [2.75, 3.05) is 31.1 Å². The number of imidazole rings is 1. The van der Waals surface area contributed by atoms with Crippen molar-refractivity contribution < 1.29 is 4.79 Å². The Hall–Kier alpha value is -2.34. The fraction of sp³-hybridized carbons (Fsp3) is 0.368. The van der Waals surface area contributed by atoms with Crippen molar-refractivity contribution in [1.82, 2.24) is 14.5 Å². The fourth-order valence-electron chi connectivity index (χ4n) is 3.41. The molecule has 1 aliphatic rings. The monoisotopic (exact) mass is 354 g/mol. The van der Waals surface area contributed by atoms with Gasteiger partial charge in [-0.2, -0.15) is 0 Å². The maximum atomic E-state index is 12.5. The van der Waals surface area contributed by atoms with Crippen molar-refractivity contribution in [2.45, 2.75) is 19.9 Å². The molecule has 1 amide bonds. The first-order chi connectivity index (χ1) is 12.3. The van der Waals surface area contributed by atoms with Crippen molar-refractivity contribution in [3.8, 4) is 0 Å². The van der Waals surface area contributed by atoms with E-state index in [1.54, 1.807) is 0 Å². The van der Waals surface area contributed by atoms with E-state index in [1.165, 1.54) is 16.9 Å². The van der Waals surface area contributed by atoms with Gasteiger partial charge in [0.05, 0.1) is 15.9 Å². The Kier molecular flexibility index (Phi) is 4.44. The topological polar surface area (TPSA) is 41.4 Å². The number of benzene rings is 1. The van der Waals surface area contributed by atoms with Crippen molar-refractivity contribution in [1.29, 1.82) is 0 Å². The highest BCUT2D eigenvalue weighted by Gasteiger charge is 2.25. The van der Waals surface area contributed by atoms with Gasteiger partial charge < -0.3 is 14.4 Å². The van der Waals surface area contributed by atoms with Gasteiger partial charge in [0, 0.05) is 32.7 Å². The zero-order valence-corrected chi connectivity index (χ0v) is 15.2. The summed E-state index contributed by atoms with van der Waals surface area (Å²) in [4.78, 5) is 22.5. The summed E-state index contributed by atoms with van der Waals surface area (Å²) in [6.07, 6.45) is 1.07. The van der Waals surface area contributed by atoms with Crippen LogP contribution in [0.4, 0.5) is 5.95 Å². The number of amides is 1. The SMILES string of the molecule is CCCn1c(N2CCN(C(=O)c3cccs3)CC2)nc2ccccc21. The van der Waals surface area contributed by atoms with E-state index in [0.29, 0.717) is 0 Å². The second-order valence-corrected chi connectivity index (χ2v) is 7.26. The molecule has 1 saturated heterocycles. The number of thiophene rings is 1. The summed E-state index contributed by atoms with van der Waals surface area (Å²) >= 11 is 1.51. The lowest BCUT2D eigenvalue weighted by Crippen LogP contribution is -2.49. The Balaban J connectivity index is 1.53. The van der Waals surface area contributed by atoms with Crippen LogP contribution in [0.3, 0.4) is 0 Å². The molecule has 1 fully saturated rings. The second kappa shape index (κ2) is 6.88. The molecule has 0 N–H and O–H groups in total. The molecule has 0 saturated carbocycles. The Bertz CT molecular complexity index is 863. The minimum Gasteiger partial charge on any atom is -0.339 e. The predicted octanol–water partition coefficient (Wildman–Crippen LogP) is 3.47. The number of rotatable bonds is 4. The van der Waals surface area contributed by atoms with E-state index < -0.39 is 0 Å². The van der Waals surface area contributed by atoms with Crippen LogP contribution in [0.15, 0.2) is 41.8 Å². The van der Waals surface area contributed by atoms with Crippen molar-refractivity contribution in [3.05, 3.63) is 46.7 Å². The molecular formula is C19H22N4OS. The number of nitrogens with zero attached hydrogens (tertiary/aromatic N) is 4. The Morgan fingerprint density at radius 1 is 1.12 bits per heavy atom. The molecular weight excluding hydrogens is 332 g/mol. The lowest BCUT2D eigenvalue weighted by molar-refractivity contribution is 0.0751. The van der Waals surface area contributed by atoms with E-state index in [2.05, 4.69) is 34.6 Å². The zero-order chi connectivity index (χ0) is 17.2. The molecule has 0 aliphatic carbocycles. The van der Waals surface area contributed by atoms with E-state index >= 15 is 0 Å². The summed E-state index contributed by atoms with van der Waals surface area (Å²) < 4.78 is 2.31. The van der Waals surface area contributed by atoms with Gasteiger partial charge in [0.2, 0.25) is 5.95 Å². The van der Waals surface area contributed by atoms with Gasteiger partial charge in [0.25, 0.3) is 5.91 Å². The number of hydrogen-bond donors (Lipinski definition) is 0. The normalized spacial score (nSPS) is 15.1. The maximum Gasteiger partial charge on any atom is 0.264 e.